The fourth-order valence-corrected chi connectivity index (χ4v) is 2.12. The van der Waals surface area contributed by atoms with Crippen molar-refractivity contribution in [2.75, 3.05) is 19.4 Å². The zero-order chi connectivity index (χ0) is 10.4. The normalized spacial score (nSPS) is 10.5. The molecule has 1 rings (SSSR count). The van der Waals surface area contributed by atoms with E-state index in [0.717, 1.165) is 22.0 Å². The highest BCUT2D eigenvalue weighted by Gasteiger charge is 2.01. The molecule has 0 radical (unpaired) electrons. The van der Waals surface area contributed by atoms with Gasteiger partial charge in [0.1, 0.15) is 0 Å². The molecule has 0 heterocycles. The topological polar surface area (TPSA) is 32.3 Å². The molecule has 0 atom stereocenters. The van der Waals surface area contributed by atoms with Crippen molar-refractivity contribution in [1.82, 2.24) is 5.32 Å². The van der Waals surface area contributed by atoms with Crippen LogP contribution < -0.4 is 5.32 Å². The third-order valence-corrected chi connectivity index (χ3v) is 3.08. The highest BCUT2D eigenvalue weighted by Crippen LogP contribution is 2.24. The lowest BCUT2D eigenvalue weighted by atomic mass is 10.2. The molecule has 0 aliphatic rings. The molecule has 2 nitrogen and oxygen atoms in total. The number of rotatable bonds is 5. The molecule has 0 bridgehead atoms. The summed E-state index contributed by atoms with van der Waals surface area (Å²) in [5.74, 6) is 0.710. The molecule has 14 heavy (non-hydrogen) atoms. The van der Waals surface area contributed by atoms with Gasteiger partial charge >= 0.3 is 0 Å². The number of halogens is 1. The van der Waals surface area contributed by atoms with Gasteiger partial charge in [-0.2, -0.15) is 0 Å². The van der Waals surface area contributed by atoms with E-state index < -0.39 is 0 Å². The Morgan fingerprint density at radius 2 is 2.29 bits per heavy atom. The monoisotopic (exact) mass is 231 g/mol. The van der Waals surface area contributed by atoms with Gasteiger partial charge in [-0.15, -0.1) is 11.8 Å². The first-order valence-corrected chi connectivity index (χ1v) is 5.81. The molecule has 4 heteroatoms. The Balaban J connectivity index is 2.68. The molecular weight excluding hydrogens is 218 g/mol. The maximum atomic E-state index is 8.67. The van der Waals surface area contributed by atoms with Crippen LogP contribution in [0.3, 0.4) is 0 Å². The second-order valence-corrected chi connectivity index (χ2v) is 4.43. The van der Waals surface area contributed by atoms with Crippen LogP contribution in [0, 0.1) is 0 Å². The summed E-state index contributed by atoms with van der Waals surface area (Å²) < 4.78 is 0. The minimum atomic E-state index is 0.195. The van der Waals surface area contributed by atoms with Crippen LogP contribution in [-0.2, 0) is 6.54 Å². The molecule has 2 N–H and O–H groups in total. The summed E-state index contributed by atoms with van der Waals surface area (Å²) in [6.07, 6.45) is 0. The summed E-state index contributed by atoms with van der Waals surface area (Å²) in [5, 5.41) is 12.5. The van der Waals surface area contributed by atoms with Gasteiger partial charge in [-0.1, -0.05) is 17.7 Å². The van der Waals surface area contributed by atoms with Crippen LogP contribution in [0.25, 0.3) is 0 Å². The predicted molar refractivity (Wildman–Crippen MR) is 62.0 cm³/mol. The highest BCUT2D eigenvalue weighted by atomic mass is 35.5. The third-order valence-electron chi connectivity index (χ3n) is 1.75. The van der Waals surface area contributed by atoms with Gasteiger partial charge in [0.25, 0.3) is 0 Å². The van der Waals surface area contributed by atoms with Gasteiger partial charge in [0.2, 0.25) is 0 Å². The molecule has 78 valence electrons. The number of aliphatic hydroxyl groups excluding tert-OH is 1. The second kappa shape index (κ2) is 6.30. The summed E-state index contributed by atoms with van der Waals surface area (Å²) in [6, 6.07) is 5.98. The standard InChI is InChI=1S/C10H14ClNOS/c1-12-7-8-2-3-9(6-10(8)11)14-5-4-13/h2-3,6,12-13H,4-5,7H2,1H3. The summed E-state index contributed by atoms with van der Waals surface area (Å²) in [4.78, 5) is 1.10. The lowest BCUT2D eigenvalue weighted by Gasteiger charge is -2.05. The molecule has 1 aromatic rings. The summed E-state index contributed by atoms with van der Waals surface area (Å²) >= 11 is 7.68. The molecule has 0 saturated carbocycles. The first kappa shape index (κ1) is 11.9. The lowest BCUT2D eigenvalue weighted by molar-refractivity contribution is 0.322. The van der Waals surface area contributed by atoms with Gasteiger partial charge in [0.05, 0.1) is 6.61 Å². The van der Waals surface area contributed by atoms with Crippen molar-refractivity contribution in [3.63, 3.8) is 0 Å². The smallest absolute Gasteiger partial charge is 0.0525 e. The van der Waals surface area contributed by atoms with Crippen LogP contribution in [0.1, 0.15) is 5.56 Å². The van der Waals surface area contributed by atoms with E-state index in [1.54, 1.807) is 11.8 Å². The lowest BCUT2D eigenvalue weighted by Crippen LogP contribution is -2.05. The van der Waals surface area contributed by atoms with Crippen LogP contribution in [0.4, 0.5) is 0 Å². The van der Waals surface area contributed by atoms with Crippen molar-refractivity contribution in [3.05, 3.63) is 28.8 Å². The van der Waals surface area contributed by atoms with Crippen molar-refractivity contribution in [2.24, 2.45) is 0 Å². The first-order chi connectivity index (χ1) is 6.77. The average Bonchev–Trinajstić information content (AvgIpc) is 2.19. The first-order valence-electron chi connectivity index (χ1n) is 4.44. The van der Waals surface area contributed by atoms with Gasteiger partial charge in [0.15, 0.2) is 0 Å². The van der Waals surface area contributed by atoms with E-state index in [1.165, 1.54) is 0 Å². The Labute approximate surface area is 93.7 Å². The van der Waals surface area contributed by atoms with Crippen LogP contribution in [0.2, 0.25) is 5.02 Å². The van der Waals surface area contributed by atoms with Gasteiger partial charge in [-0.05, 0) is 24.7 Å². The maximum Gasteiger partial charge on any atom is 0.0525 e. The molecular formula is C10H14ClNOS. The SMILES string of the molecule is CNCc1ccc(SCCO)cc1Cl. The zero-order valence-electron chi connectivity index (χ0n) is 8.09. The molecule has 0 amide bonds. The Morgan fingerprint density at radius 3 is 2.86 bits per heavy atom. The van der Waals surface area contributed by atoms with Crippen LogP contribution in [0.15, 0.2) is 23.1 Å². The van der Waals surface area contributed by atoms with Crippen molar-refractivity contribution < 1.29 is 5.11 Å². The Kier molecular flexibility index (Phi) is 5.33. The number of hydrogen-bond acceptors (Lipinski definition) is 3. The highest BCUT2D eigenvalue weighted by molar-refractivity contribution is 7.99. The number of aliphatic hydroxyl groups is 1. The van der Waals surface area contributed by atoms with Gasteiger partial charge in [-0.25, -0.2) is 0 Å². The molecule has 0 spiro atoms. The van der Waals surface area contributed by atoms with Crippen molar-refractivity contribution >= 4 is 23.4 Å². The van der Waals surface area contributed by atoms with Crippen molar-refractivity contribution in [3.8, 4) is 0 Å². The van der Waals surface area contributed by atoms with Gasteiger partial charge in [-0.3, -0.25) is 0 Å². The summed E-state index contributed by atoms with van der Waals surface area (Å²) in [7, 11) is 1.89. The Morgan fingerprint density at radius 1 is 1.50 bits per heavy atom. The van der Waals surface area contributed by atoms with E-state index in [9.17, 15) is 0 Å². The minimum Gasteiger partial charge on any atom is -0.396 e. The quantitative estimate of drug-likeness (QED) is 0.762. The third kappa shape index (κ3) is 3.50. The minimum absolute atomic E-state index is 0.195. The number of thioether (sulfide) groups is 1. The molecule has 0 aliphatic heterocycles. The van der Waals surface area contributed by atoms with Crippen molar-refractivity contribution in [2.45, 2.75) is 11.4 Å². The summed E-state index contributed by atoms with van der Waals surface area (Å²) in [6.45, 7) is 0.977. The van der Waals surface area contributed by atoms with E-state index in [0.29, 0.717) is 5.75 Å². The van der Waals surface area contributed by atoms with Crippen LogP contribution in [-0.4, -0.2) is 24.5 Å². The predicted octanol–water partition coefficient (Wildman–Crippen LogP) is 2.14. The largest absolute Gasteiger partial charge is 0.396 e. The summed E-state index contributed by atoms with van der Waals surface area (Å²) in [5.41, 5.74) is 1.10. The molecule has 0 aliphatic carbocycles. The molecule has 0 fully saturated rings. The zero-order valence-corrected chi connectivity index (χ0v) is 9.66. The van der Waals surface area contributed by atoms with Crippen LogP contribution in [0.5, 0.6) is 0 Å². The molecule has 0 saturated heterocycles. The van der Waals surface area contributed by atoms with Gasteiger partial charge < -0.3 is 10.4 Å². The van der Waals surface area contributed by atoms with Gasteiger partial charge in [0, 0.05) is 22.2 Å². The number of benzene rings is 1. The van der Waals surface area contributed by atoms with E-state index in [4.69, 9.17) is 16.7 Å². The van der Waals surface area contributed by atoms with E-state index in [2.05, 4.69) is 5.32 Å². The van der Waals surface area contributed by atoms with Crippen molar-refractivity contribution in [1.29, 1.82) is 0 Å². The van der Waals surface area contributed by atoms with E-state index in [-0.39, 0.29) is 6.61 Å². The number of hydrogen-bond donors (Lipinski definition) is 2. The second-order valence-electron chi connectivity index (χ2n) is 2.86. The van der Waals surface area contributed by atoms with E-state index >= 15 is 0 Å². The van der Waals surface area contributed by atoms with E-state index in [1.807, 2.05) is 25.2 Å². The number of nitrogens with one attached hydrogen (secondary N) is 1. The maximum absolute atomic E-state index is 8.67. The fourth-order valence-electron chi connectivity index (χ4n) is 1.12. The Hall–Kier alpha value is -0.220. The fraction of sp³-hybridized carbons (Fsp3) is 0.400. The Bertz CT molecular complexity index is 293. The molecule has 0 aromatic heterocycles. The van der Waals surface area contributed by atoms with Crippen LogP contribution >= 0.6 is 23.4 Å². The molecule has 0 unspecified atom stereocenters. The molecule has 1 aromatic carbocycles. The average molecular weight is 232 g/mol.